The summed E-state index contributed by atoms with van der Waals surface area (Å²) >= 11 is 0. The molecule has 0 radical (unpaired) electrons. The number of carbonyl (C=O) groups excluding carboxylic acids is 1. The van der Waals surface area contributed by atoms with Gasteiger partial charge in [-0.25, -0.2) is 0 Å². The zero-order valence-corrected chi connectivity index (χ0v) is 12.1. The Morgan fingerprint density at radius 3 is 2.29 bits per heavy atom. The van der Waals surface area contributed by atoms with Gasteiger partial charge in [-0.15, -0.1) is 0 Å². The van der Waals surface area contributed by atoms with Crippen molar-refractivity contribution in [2.45, 2.75) is 13.0 Å². The summed E-state index contributed by atoms with van der Waals surface area (Å²) in [5, 5.41) is 13.1. The van der Waals surface area contributed by atoms with Gasteiger partial charge in [0.2, 0.25) is 5.91 Å². The molecule has 1 amide bonds. The van der Waals surface area contributed by atoms with Crippen LogP contribution in [0.15, 0.2) is 54.6 Å². The van der Waals surface area contributed by atoms with Crippen LogP contribution in [0.25, 0.3) is 0 Å². The molecule has 4 heteroatoms. The molecule has 2 aromatic carbocycles. The van der Waals surface area contributed by atoms with Crippen LogP contribution in [0.3, 0.4) is 0 Å². The maximum Gasteiger partial charge on any atom is 0.230 e. The fourth-order valence-electron chi connectivity index (χ4n) is 2.01. The summed E-state index contributed by atoms with van der Waals surface area (Å²) in [6, 6.07) is 16.2. The van der Waals surface area contributed by atoms with Crippen LogP contribution >= 0.6 is 0 Å². The molecular formula is C17H19NO3. The van der Waals surface area contributed by atoms with Gasteiger partial charge in [-0.3, -0.25) is 4.79 Å². The van der Waals surface area contributed by atoms with Crippen LogP contribution in [0.4, 0.5) is 5.69 Å². The lowest BCUT2D eigenvalue weighted by Crippen LogP contribution is -2.25. The van der Waals surface area contributed by atoms with E-state index < -0.39 is 12.0 Å². The molecule has 0 aliphatic carbocycles. The molecular weight excluding hydrogens is 266 g/mol. The van der Waals surface area contributed by atoms with Gasteiger partial charge in [0.15, 0.2) is 0 Å². The average molecular weight is 285 g/mol. The Labute approximate surface area is 124 Å². The lowest BCUT2D eigenvalue weighted by molar-refractivity contribution is -0.122. The number of rotatable bonds is 5. The van der Waals surface area contributed by atoms with Crippen LogP contribution in [-0.4, -0.2) is 18.1 Å². The number of ether oxygens (including phenoxy) is 1. The molecule has 0 heterocycles. The fourth-order valence-corrected chi connectivity index (χ4v) is 2.01. The molecule has 110 valence electrons. The molecule has 2 aromatic rings. The summed E-state index contributed by atoms with van der Waals surface area (Å²) in [6.07, 6.45) is -0.861. The summed E-state index contributed by atoms with van der Waals surface area (Å²) in [4.78, 5) is 12.2. The topological polar surface area (TPSA) is 58.6 Å². The van der Waals surface area contributed by atoms with Gasteiger partial charge in [-0.05, 0) is 29.8 Å². The largest absolute Gasteiger partial charge is 0.497 e. The molecule has 0 fully saturated rings. The first-order chi connectivity index (χ1) is 10.1. The fraction of sp³-hybridized carbons (Fsp3) is 0.235. The Hall–Kier alpha value is -2.33. The third kappa shape index (κ3) is 3.83. The maximum atomic E-state index is 12.2. The Balaban J connectivity index is 2.03. The normalized spacial score (nSPS) is 13.3. The quantitative estimate of drug-likeness (QED) is 0.888. The molecule has 0 spiro atoms. The van der Waals surface area contributed by atoms with E-state index in [0.29, 0.717) is 11.3 Å². The van der Waals surface area contributed by atoms with E-state index in [-0.39, 0.29) is 5.91 Å². The number of anilines is 1. The van der Waals surface area contributed by atoms with E-state index in [4.69, 9.17) is 4.74 Å². The molecule has 2 N–H and O–H groups in total. The molecule has 0 aliphatic heterocycles. The van der Waals surface area contributed by atoms with Gasteiger partial charge in [-0.1, -0.05) is 37.3 Å². The lowest BCUT2D eigenvalue weighted by Gasteiger charge is -2.19. The minimum atomic E-state index is -0.861. The zero-order chi connectivity index (χ0) is 15.2. The van der Waals surface area contributed by atoms with Gasteiger partial charge in [0.1, 0.15) is 5.75 Å². The predicted molar refractivity (Wildman–Crippen MR) is 82.2 cm³/mol. The number of para-hydroxylation sites is 1. The molecule has 0 saturated heterocycles. The summed E-state index contributed by atoms with van der Waals surface area (Å²) in [5.41, 5.74) is 1.41. The number of carbonyl (C=O) groups is 1. The molecule has 2 atom stereocenters. The van der Waals surface area contributed by atoms with Crippen LogP contribution in [-0.2, 0) is 4.79 Å². The van der Waals surface area contributed by atoms with Crippen molar-refractivity contribution in [3.8, 4) is 5.75 Å². The SMILES string of the molecule is COc1ccc(C(O)C(C)C(=O)Nc2ccccc2)cc1. The van der Waals surface area contributed by atoms with Crippen LogP contribution in [0, 0.1) is 5.92 Å². The summed E-state index contributed by atoms with van der Waals surface area (Å²) < 4.78 is 5.07. The van der Waals surface area contributed by atoms with Crippen molar-refractivity contribution >= 4 is 11.6 Å². The molecule has 0 aliphatic rings. The predicted octanol–water partition coefficient (Wildman–Crippen LogP) is 3.00. The highest BCUT2D eigenvalue weighted by atomic mass is 16.5. The summed E-state index contributed by atoms with van der Waals surface area (Å²) in [7, 11) is 1.58. The molecule has 0 bridgehead atoms. The lowest BCUT2D eigenvalue weighted by atomic mass is 9.96. The number of hydrogen-bond donors (Lipinski definition) is 2. The van der Waals surface area contributed by atoms with Crippen LogP contribution < -0.4 is 10.1 Å². The van der Waals surface area contributed by atoms with Crippen molar-refractivity contribution in [2.75, 3.05) is 12.4 Å². The minimum absolute atomic E-state index is 0.218. The van der Waals surface area contributed by atoms with Crippen molar-refractivity contribution in [3.05, 3.63) is 60.2 Å². The van der Waals surface area contributed by atoms with Crippen LogP contribution in [0.2, 0.25) is 0 Å². The number of aliphatic hydroxyl groups is 1. The Bertz CT molecular complexity index is 581. The molecule has 2 unspecified atom stereocenters. The standard InChI is InChI=1S/C17H19NO3/c1-12(17(20)18-14-6-4-3-5-7-14)16(19)13-8-10-15(21-2)11-9-13/h3-12,16,19H,1-2H3,(H,18,20). The number of amides is 1. The van der Waals surface area contributed by atoms with E-state index >= 15 is 0 Å². The van der Waals surface area contributed by atoms with Gasteiger partial charge >= 0.3 is 0 Å². The number of aliphatic hydroxyl groups excluding tert-OH is 1. The maximum absolute atomic E-state index is 12.2. The van der Waals surface area contributed by atoms with Gasteiger partial charge in [0, 0.05) is 5.69 Å². The van der Waals surface area contributed by atoms with E-state index in [1.807, 2.05) is 30.3 Å². The Kier molecular flexibility index (Phi) is 4.95. The molecule has 0 aromatic heterocycles. The van der Waals surface area contributed by atoms with E-state index in [1.165, 1.54) is 0 Å². The van der Waals surface area contributed by atoms with Crippen molar-refractivity contribution in [1.29, 1.82) is 0 Å². The highest BCUT2D eigenvalue weighted by Gasteiger charge is 2.23. The average Bonchev–Trinajstić information content (AvgIpc) is 2.54. The Morgan fingerprint density at radius 2 is 1.71 bits per heavy atom. The second-order valence-electron chi connectivity index (χ2n) is 4.86. The zero-order valence-electron chi connectivity index (χ0n) is 12.1. The van der Waals surface area contributed by atoms with Crippen molar-refractivity contribution < 1.29 is 14.6 Å². The van der Waals surface area contributed by atoms with Crippen molar-refractivity contribution in [3.63, 3.8) is 0 Å². The monoisotopic (exact) mass is 285 g/mol. The second kappa shape index (κ2) is 6.90. The molecule has 4 nitrogen and oxygen atoms in total. The van der Waals surface area contributed by atoms with Crippen molar-refractivity contribution in [1.82, 2.24) is 0 Å². The minimum Gasteiger partial charge on any atom is -0.497 e. The smallest absolute Gasteiger partial charge is 0.230 e. The van der Waals surface area contributed by atoms with E-state index in [0.717, 1.165) is 5.69 Å². The number of nitrogens with one attached hydrogen (secondary N) is 1. The van der Waals surface area contributed by atoms with Gasteiger partial charge in [0.25, 0.3) is 0 Å². The highest BCUT2D eigenvalue weighted by Crippen LogP contribution is 2.25. The molecule has 2 rings (SSSR count). The van der Waals surface area contributed by atoms with E-state index in [2.05, 4.69) is 5.32 Å². The van der Waals surface area contributed by atoms with Gasteiger partial charge in [0.05, 0.1) is 19.1 Å². The van der Waals surface area contributed by atoms with Gasteiger partial charge < -0.3 is 15.2 Å². The summed E-state index contributed by atoms with van der Waals surface area (Å²) in [6.45, 7) is 1.70. The highest BCUT2D eigenvalue weighted by molar-refractivity contribution is 5.92. The van der Waals surface area contributed by atoms with E-state index in [1.54, 1.807) is 38.3 Å². The van der Waals surface area contributed by atoms with Crippen LogP contribution in [0.1, 0.15) is 18.6 Å². The number of hydrogen-bond acceptors (Lipinski definition) is 3. The first-order valence-electron chi connectivity index (χ1n) is 6.79. The Morgan fingerprint density at radius 1 is 1.10 bits per heavy atom. The van der Waals surface area contributed by atoms with Crippen molar-refractivity contribution in [2.24, 2.45) is 5.92 Å². The number of benzene rings is 2. The van der Waals surface area contributed by atoms with Gasteiger partial charge in [-0.2, -0.15) is 0 Å². The summed E-state index contributed by atoms with van der Waals surface area (Å²) in [5.74, 6) is -0.0598. The molecule has 0 saturated carbocycles. The molecule has 21 heavy (non-hydrogen) atoms. The number of methoxy groups -OCH3 is 1. The first-order valence-corrected chi connectivity index (χ1v) is 6.79. The first kappa shape index (κ1) is 15.1. The second-order valence-corrected chi connectivity index (χ2v) is 4.86. The third-order valence-electron chi connectivity index (χ3n) is 3.39. The third-order valence-corrected chi connectivity index (χ3v) is 3.39. The van der Waals surface area contributed by atoms with E-state index in [9.17, 15) is 9.90 Å². The van der Waals surface area contributed by atoms with Crippen LogP contribution in [0.5, 0.6) is 5.75 Å².